The van der Waals surface area contributed by atoms with Gasteiger partial charge in [0.25, 0.3) is 0 Å². The lowest BCUT2D eigenvalue weighted by atomic mass is 10.2. The van der Waals surface area contributed by atoms with Crippen LogP contribution in [0.25, 0.3) is 0 Å². The van der Waals surface area contributed by atoms with Crippen molar-refractivity contribution in [1.82, 2.24) is 0 Å². The Bertz CT molecular complexity index is 398. The number of carbonyl (C=O) groups is 2. The predicted octanol–water partition coefficient (Wildman–Crippen LogP) is 1.53. The van der Waals surface area contributed by atoms with Crippen molar-refractivity contribution in [2.24, 2.45) is 0 Å². The zero-order valence-corrected chi connectivity index (χ0v) is 13.3. The zero-order valence-electron chi connectivity index (χ0n) is 13.3. The minimum absolute atomic E-state index is 0.102. The second-order valence-electron chi connectivity index (χ2n) is 4.45. The fourth-order valence-electron chi connectivity index (χ4n) is 1.48. The van der Waals surface area contributed by atoms with Gasteiger partial charge in [0.2, 0.25) is 0 Å². The number of esters is 2. The van der Waals surface area contributed by atoms with Gasteiger partial charge in [0.15, 0.2) is 0 Å². The van der Waals surface area contributed by atoms with Crippen LogP contribution in [0.5, 0.6) is 0 Å². The van der Waals surface area contributed by atoms with Crippen LogP contribution in [-0.4, -0.2) is 45.0 Å². The molecule has 0 amide bonds. The fourth-order valence-corrected chi connectivity index (χ4v) is 1.48. The maximum Gasteiger partial charge on any atom is 0.364 e. The molecule has 0 saturated carbocycles. The van der Waals surface area contributed by atoms with Crippen molar-refractivity contribution < 1.29 is 33.3 Å². The monoisotopic (exact) mass is 302 g/mol. The van der Waals surface area contributed by atoms with Gasteiger partial charge in [0, 0.05) is 39.4 Å². The van der Waals surface area contributed by atoms with E-state index < -0.39 is 23.7 Å². The van der Waals surface area contributed by atoms with Crippen LogP contribution in [-0.2, 0) is 33.3 Å². The second-order valence-corrected chi connectivity index (χ2v) is 4.45. The minimum atomic E-state index is -2.02. The Hall–Kier alpha value is -1.70. The molecule has 0 spiro atoms. The minimum Gasteiger partial charge on any atom is -0.411 e. The molecule has 0 heterocycles. The maximum atomic E-state index is 11.8. The van der Waals surface area contributed by atoms with E-state index in [-0.39, 0.29) is 11.1 Å². The molecule has 120 valence electrons. The summed E-state index contributed by atoms with van der Waals surface area (Å²) in [4.78, 5) is 23.6. The molecule has 0 atom stereocenters. The van der Waals surface area contributed by atoms with Crippen LogP contribution < -0.4 is 0 Å². The van der Waals surface area contributed by atoms with Crippen LogP contribution in [0.1, 0.15) is 20.8 Å². The average molecular weight is 302 g/mol. The van der Waals surface area contributed by atoms with Gasteiger partial charge in [-0.05, 0) is 13.8 Å². The van der Waals surface area contributed by atoms with E-state index in [2.05, 4.69) is 13.2 Å². The van der Waals surface area contributed by atoms with E-state index in [1.807, 2.05) is 0 Å². The van der Waals surface area contributed by atoms with Crippen LogP contribution in [0.4, 0.5) is 0 Å². The van der Waals surface area contributed by atoms with Crippen molar-refractivity contribution in [2.75, 3.05) is 21.3 Å². The van der Waals surface area contributed by atoms with Gasteiger partial charge in [0.05, 0.1) is 0 Å². The highest BCUT2D eigenvalue weighted by molar-refractivity contribution is 5.89. The lowest BCUT2D eigenvalue weighted by molar-refractivity contribution is -0.459. The molecule has 0 aromatic carbocycles. The van der Waals surface area contributed by atoms with Gasteiger partial charge in [0.1, 0.15) is 0 Å². The number of carbonyl (C=O) groups excluding carboxylic acids is 2. The van der Waals surface area contributed by atoms with Crippen LogP contribution in [0.3, 0.4) is 0 Å². The molecule has 7 nitrogen and oxygen atoms in total. The molecule has 7 heteroatoms. The molecule has 0 unspecified atom stereocenters. The Kier molecular flexibility index (Phi) is 6.75. The van der Waals surface area contributed by atoms with Crippen LogP contribution >= 0.6 is 0 Å². The molecule has 0 aromatic heterocycles. The summed E-state index contributed by atoms with van der Waals surface area (Å²) in [6.45, 7) is 11.1. The van der Waals surface area contributed by atoms with E-state index in [0.717, 1.165) is 0 Å². The standard InChI is InChI=1S/C14H22O7/c1-9(2)11(15)20-13(5,21-12(16)10(3)4)14(17-6,18-7)19-8/h1,3H2,2,4-8H3. The number of rotatable bonds is 8. The largest absolute Gasteiger partial charge is 0.411 e. The first-order chi connectivity index (χ1) is 9.59. The quantitative estimate of drug-likeness (QED) is 0.382. The zero-order chi connectivity index (χ0) is 16.8. The first kappa shape index (κ1) is 19.3. The molecule has 0 fully saturated rings. The molecule has 0 aliphatic carbocycles. The SMILES string of the molecule is C=C(C)C(=O)OC(C)(OC(=O)C(=C)C)C(OC)(OC)OC. The van der Waals surface area contributed by atoms with E-state index in [4.69, 9.17) is 23.7 Å². The van der Waals surface area contributed by atoms with Crippen molar-refractivity contribution in [3.05, 3.63) is 24.3 Å². The molecule has 0 rings (SSSR count). The summed E-state index contributed by atoms with van der Waals surface area (Å²) >= 11 is 0. The Morgan fingerprint density at radius 2 is 1.10 bits per heavy atom. The predicted molar refractivity (Wildman–Crippen MR) is 74.0 cm³/mol. The molecule has 0 aliphatic rings. The van der Waals surface area contributed by atoms with Crippen molar-refractivity contribution in [3.8, 4) is 0 Å². The van der Waals surface area contributed by atoms with Gasteiger partial charge in [-0.1, -0.05) is 13.2 Å². The molecular formula is C14H22O7. The molecule has 0 bridgehead atoms. The summed E-state index contributed by atoms with van der Waals surface area (Å²) in [6.07, 6.45) is 0. The fraction of sp³-hybridized carbons (Fsp3) is 0.571. The summed E-state index contributed by atoms with van der Waals surface area (Å²) in [7, 11) is 3.73. The third-order valence-electron chi connectivity index (χ3n) is 2.63. The van der Waals surface area contributed by atoms with Gasteiger partial charge < -0.3 is 23.7 Å². The molecule has 0 aromatic rings. The lowest BCUT2D eigenvalue weighted by Crippen LogP contribution is -2.61. The van der Waals surface area contributed by atoms with Crippen molar-refractivity contribution in [2.45, 2.75) is 32.5 Å². The summed E-state index contributed by atoms with van der Waals surface area (Å²) in [6, 6.07) is 0. The van der Waals surface area contributed by atoms with E-state index in [1.54, 1.807) is 0 Å². The average Bonchev–Trinajstić information content (AvgIpc) is 2.40. The third kappa shape index (κ3) is 4.13. The lowest BCUT2D eigenvalue weighted by Gasteiger charge is -2.41. The third-order valence-corrected chi connectivity index (χ3v) is 2.63. The molecule has 21 heavy (non-hydrogen) atoms. The van der Waals surface area contributed by atoms with Gasteiger partial charge in [-0.3, -0.25) is 0 Å². The van der Waals surface area contributed by atoms with Gasteiger partial charge in [-0.15, -0.1) is 0 Å². The topological polar surface area (TPSA) is 80.3 Å². The molecule has 0 N–H and O–H groups in total. The summed E-state index contributed by atoms with van der Waals surface area (Å²) in [5, 5.41) is 0. The number of ether oxygens (including phenoxy) is 5. The molecule has 0 aliphatic heterocycles. The smallest absolute Gasteiger partial charge is 0.364 e. The molecular weight excluding hydrogens is 280 g/mol. The Morgan fingerprint density at radius 1 is 0.810 bits per heavy atom. The Balaban J connectivity index is 5.73. The van der Waals surface area contributed by atoms with E-state index in [1.165, 1.54) is 42.1 Å². The molecule has 0 radical (unpaired) electrons. The summed E-state index contributed by atoms with van der Waals surface area (Å²) < 4.78 is 25.6. The maximum absolute atomic E-state index is 11.8. The van der Waals surface area contributed by atoms with Gasteiger partial charge in [-0.25, -0.2) is 9.59 Å². The highest BCUT2D eigenvalue weighted by Gasteiger charge is 2.58. The Morgan fingerprint density at radius 3 is 1.29 bits per heavy atom. The second kappa shape index (κ2) is 7.35. The van der Waals surface area contributed by atoms with E-state index >= 15 is 0 Å². The summed E-state index contributed by atoms with van der Waals surface area (Å²) in [5.74, 6) is -5.58. The Labute approximate surface area is 124 Å². The van der Waals surface area contributed by atoms with Crippen LogP contribution in [0.15, 0.2) is 24.3 Å². The number of hydrogen-bond acceptors (Lipinski definition) is 7. The normalized spacial score (nSPS) is 11.7. The van der Waals surface area contributed by atoms with E-state index in [0.29, 0.717) is 0 Å². The van der Waals surface area contributed by atoms with Gasteiger partial charge >= 0.3 is 23.7 Å². The van der Waals surface area contributed by atoms with Crippen LogP contribution in [0.2, 0.25) is 0 Å². The van der Waals surface area contributed by atoms with Crippen LogP contribution in [0, 0.1) is 0 Å². The summed E-state index contributed by atoms with van der Waals surface area (Å²) in [5.41, 5.74) is 0.203. The molecule has 0 saturated heterocycles. The van der Waals surface area contributed by atoms with E-state index in [9.17, 15) is 9.59 Å². The number of hydrogen-bond donors (Lipinski definition) is 0. The highest BCUT2D eigenvalue weighted by Crippen LogP contribution is 2.34. The van der Waals surface area contributed by atoms with Crippen molar-refractivity contribution in [3.63, 3.8) is 0 Å². The van der Waals surface area contributed by atoms with Gasteiger partial charge in [-0.2, -0.15) is 0 Å². The highest BCUT2D eigenvalue weighted by atomic mass is 16.9. The number of methoxy groups -OCH3 is 3. The first-order valence-corrected chi connectivity index (χ1v) is 6.02. The first-order valence-electron chi connectivity index (χ1n) is 6.02. The van der Waals surface area contributed by atoms with Crippen molar-refractivity contribution in [1.29, 1.82) is 0 Å². The van der Waals surface area contributed by atoms with Crippen molar-refractivity contribution >= 4 is 11.9 Å².